The summed E-state index contributed by atoms with van der Waals surface area (Å²) < 4.78 is 14.9. The number of hydrogen-bond donors (Lipinski definition) is 2. The SMILES string of the molecule is CC[C@H](CNC(=O)c1ccccc1)C(=O)N[C@H](c1c(F)ccc(Cl)c1Cl)C1(C)CCCC1. The van der Waals surface area contributed by atoms with Crippen molar-refractivity contribution in [2.45, 2.75) is 52.0 Å². The van der Waals surface area contributed by atoms with Crippen molar-refractivity contribution in [1.29, 1.82) is 0 Å². The molecule has 0 heterocycles. The van der Waals surface area contributed by atoms with Gasteiger partial charge in [-0.25, -0.2) is 4.39 Å². The first kappa shape index (κ1) is 24.5. The Labute approximate surface area is 198 Å². The van der Waals surface area contributed by atoms with Gasteiger partial charge < -0.3 is 10.6 Å². The first-order valence-electron chi connectivity index (χ1n) is 11.0. The third kappa shape index (κ3) is 5.44. The van der Waals surface area contributed by atoms with E-state index >= 15 is 0 Å². The normalized spacial score (nSPS) is 16.9. The summed E-state index contributed by atoms with van der Waals surface area (Å²) in [5, 5.41) is 6.29. The van der Waals surface area contributed by atoms with Crippen molar-refractivity contribution in [2.75, 3.05) is 6.54 Å². The van der Waals surface area contributed by atoms with Gasteiger partial charge in [0, 0.05) is 17.7 Å². The monoisotopic (exact) mass is 478 g/mol. The number of hydrogen-bond acceptors (Lipinski definition) is 2. The Balaban J connectivity index is 1.80. The van der Waals surface area contributed by atoms with Gasteiger partial charge in [0.05, 0.1) is 22.0 Å². The molecule has 2 atom stereocenters. The summed E-state index contributed by atoms with van der Waals surface area (Å²) in [7, 11) is 0. The van der Waals surface area contributed by atoms with E-state index in [4.69, 9.17) is 23.2 Å². The van der Waals surface area contributed by atoms with E-state index in [1.165, 1.54) is 12.1 Å². The quantitative estimate of drug-likeness (QED) is 0.435. The van der Waals surface area contributed by atoms with Gasteiger partial charge in [-0.2, -0.15) is 0 Å². The van der Waals surface area contributed by atoms with Crippen LogP contribution in [0.3, 0.4) is 0 Å². The van der Waals surface area contributed by atoms with Gasteiger partial charge in [0.2, 0.25) is 5.91 Å². The minimum atomic E-state index is -0.609. The van der Waals surface area contributed by atoms with Gasteiger partial charge in [-0.15, -0.1) is 0 Å². The molecule has 4 nitrogen and oxygen atoms in total. The molecule has 32 heavy (non-hydrogen) atoms. The van der Waals surface area contributed by atoms with Crippen LogP contribution in [0.2, 0.25) is 10.0 Å². The molecule has 0 spiro atoms. The van der Waals surface area contributed by atoms with Crippen molar-refractivity contribution in [3.8, 4) is 0 Å². The highest BCUT2D eigenvalue weighted by atomic mass is 35.5. The maximum absolute atomic E-state index is 14.9. The lowest BCUT2D eigenvalue weighted by Crippen LogP contribution is -2.44. The zero-order valence-electron chi connectivity index (χ0n) is 18.4. The van der Waals surface area contributed by atoms with Crippen LogP contribution in [-0.4, -0.2) is 18.4 Å². The van der Waals surface area contributed by atoms with Crippen LogP contribution in [-0.2, 0) is 4.79 Å². The summed E-state index contributed by atoms with van der Waals surface area (Å²) in [6.45, 7) is 4.13. The molecule has 7 heteroatoms. The van der Waals surface area contributed by atoms with Gasteiger partial charge in [0.25, 0.3) is 5.91 Å². The number of carbonyl (C=O) groups is 2. The summed E-state index contributed by atoms with van der Waals surface area (Å²) in [6, 6.07) is 11.0. The Morgan fingerprint density at radius 1 is 1.09 bits per heavy atom. The zero-order chi connectivity index (χ0) is 23.3. The molecule has 0 unspecified atom stereocenters. The molecule has 0 aliphatic heterocycles. The first-order valence-corrected chi connectivity index (χ1v) is 11.8. The second-order valence-corrected chi connectivity index (χ2v) is 9.53. The van der Waals surface area contributed by atoms with Gasteiger partial charge in [0.15, 0.2) is 0 Å². The molecule has 3 rings (SSSR count). The molecular weight excluding hydrogens is 450 g/mol. The fourth-order valence-electron chi connectivity index (χ4n) is 4.46. The second-order valence-electron chi connectivity index (χ2n) is 8.74. The van der Waals surface area contributed by atoms with E-state index in [1.54, 1.807) is 24.3 Å². The van der Waals surface area contributed by atoms with E-state index in [-0.39, 0.29) is 39.4 Å². The van der Waals surface area contributed by atoms with Crippen LogP contribution >= 0.6 is 23.2 Å². The lowest BCUT2D eigenvalue weighted by atomic mass is 9.76. The van der Waals surface area contributed by atoms with E-state index in [0.717, 1.165) is 25.7 Å². The number of benzene rings is 2. The molecule has 172 valence electrons. The lowest BCUT2D eigenvalue weighted by molar-refractivity contribution is -0.126. The Bertz CT molecular complexity index is 962. The third-order valence-corrected chi connectivity index (χ3v) is 7.32. The average Bonchev–Trinajstić information content (AvgIpc) is 3.24. The number of nitrogens with one attached hydrogen (secondary N) is 2. The average molecular weight is 479 g/mol. The van der Waals surface area contributed by atoms with Crippen LogP contribution < -0.4 is 10.6 Å². The van der Waals surface area contributed by atoms with Crippen molar-refractivity contribution in [3.05, 3.63) is 69.5 Å². The summed E-state index contributed by atoms with van der Waals surface area (Å²) >= 11 is 12.6. The molecule has 0 saturated heterocycles. The van der Waals surface area contributed by atoms with Crippen LogP contribution in [0.15, 0.2) is 42.5 Å². The van der Waals surface area contributed by atoms with Crippen molar-refractivity contribution in [1.82, 2.24) is 10.6 Å². The summed E-state index contributed by atoms with van der Waals surface area (Å²) in [4.78, 5) is 25.6. The molecule has 0 bridgehead atoms. The van der Waals surface area contributed by atoms with Gasteiger partial charge in [-0.3, -0.25) is 9.59 Å². The summed E-state index contributed by atoms with van der Waals surface area (Å²) in [6.07, 6.45) is 4.24. The molecule has 1 saturated carbocycles. The molecule has 2 N–H and O–H groups in total. The molecule has 2 aromatic rings. The molecule has 1 aliphatic carbocycles. The maximum atomic E-state index is 14.9. The van der Waals surface area contributed by atoms with E-state index < -0.39 is 17.8 Å². The van der Waals surface area contributed by atoms with Crippen LogP contribution in [0.1, 0.15) is 67.9 Å². The lowest BCUT2D eigenvalue weighted by Gasteiger charge is -2.37. The Kier molecular flexibility index (Phi) is 8.18. The van der Waals surface area contributed by atoms with Crippen molar-refractivity contribution in [3.63, 3.8) is 0 Å². The molecule has 0 radical (unpaired) electrons. The molecule has 2 amide bonds. The van der Waals surface area contributed by atoms with Gasteiger partial charge in [-0.1, -0.05) is 68.1 Å². The summed E-state index contributed by atoms with van der Waals surface area (Å²) in [5.74, 6) is -1.42. The topological polar surface area (TPSA) is 58.2 Å². The van der Waals surface area contributed by atoms with Gasteiger partial charge >= 0.3 is 0 Å². The Morgan fingerprint density at radius 2 is 1.75 bits per heavy atom. The van der Waals surface area contributed by atoms with E-state index in [0.29, 0.717) is 12.0 Å². The molecule has 2 aromatic carbocycles. The number of rotatable bonds is 8. The predicted octanol–water partition coefficient (Wildman–Crippen LogP) is 6.33. The minimum absolute atomic E-state index is 0.135. The number of carbonyl (C=O) groups excluding carboxylic acids is 2. The maximum Gasteiger partial charge on any atom is 0.251 e. The molecule has 1 fully saturated rings. The molecule has 0 aromatic heterocycles. The molecular formula is C25H29Cl2FN2O2. The van der Waals surface area contributed by atoms with Gasteiger partial charge in [0.1, 0.15) is 5.82 Å². The Hall–Kier alpha value is -2.11. The summed E-state index contributed by atoms with van der Waals surface area (Å²) in [5.41, 5.74) is 0.433. The fourth-order valence-corrected chi connectivity index (χ4v) is 4.89. The van der Waals surface area contributed by atoms with Crippen LogP contribution in [0, 0.1) is 17.2 Å². The number of amides is 2. The first-order chi connectivity index (χ1) is 15.3. The molecule has 1 aliphatic rings. The highest BCUT2D eigenvalue weighted by Crippen LogP contribution is 2.50. The van der Waals surface area contributed by atoms with Crippen molar-refractivity contribution < 1.29 is 14.0 Å². The minimum Gasteiger partial charge on any atom is -0.351 e. The van der Waals surface area contributed by atoms with Crippen molar-refractivity contribution in [2.24, 2.45) is 11.3 Å². The van der Waals surface area contributed by atoms with Crippen molar-refractivity contribution >= 4 is 35.0 Å². The van der Waals surface area contributed by atoms with Crippen LogP contribution in [0.25, 0.3) is 0 Å². The zero-order valence-corrected chi connectivity index (χ0v) is 19.9. The standard InChI is InChI=1S/C25H29Cl2FN2O2/c1-3-16(15-29-23(31)17-9-5-4-6-10-17)24(32)30-22(25(2)13-7-8-14-25)20-19(28)12-11-18(26)21(20)27/h4-6,9-12,16,22H,3,7-8,13-15H2,1-2H3,(H,29,31)(H,30,32)/t16-,22-/m1/s1. The van der Waals surface area contributed by atoms with E-state index in [1.807, 2.05) is 13.0 Å². The van der Waals surface area contributed by atoms with E-state index in [9.17, 15) is 14.0 Å². The predicted molar refractivity (Wildman–Crippen MR) is 126 cm³/mol. The Morgan fingerprint density at radius 3 is 2.38 bits per heavy atom. The van der Waals surface area contributed by atoms with Crippen LogP contribution in [0.4, 0.5) is 4.39 Å². The smallest absolute Gasteiger partial charge is 0.251 e. The highest BCUT2D eigenvalue weighted by Gasteiger charge is 2.42. The highest BCUT2D eigenvalue weighted by molar-refractivity contribution is 6.42. The number of halogens is 3. The third-order valence-electron chi connectivity index (χ3n) is 6.51. The fraction of sp³-hybridized carbons (Fsp3) is 0.440. The largest absolute Gasteiger partial charge is 0.351 e. The second kappa shape index (κ2) is 10.7. The van der Waals surface area contributed by atoms with Crippen LogP contribution in [0.5, 0.6) is 0 Å². The van der Waals surface area contributed by atoms with E-state index in [2.05, 4.69) is 17.6 Å². The van der Waals surface area contributed by atoms with Gasteiger partial charge in [-0.05, 0) is 48.9 Å².